The number of nitrogens with two attached hydrogens (primary N) is 1. The lowest BCUT2D eigenvalue weighted by Crippen LogP contribution is -2.01. The first-order chi connectivity index (χ1) is 9.19. The van der Waals surface area contributed by atoms with E-state index in [4.69, 9.17) is 10.5 Å². The molecule has 100 valence electrons. The summed E-state index contributed by atoms with van der Waals surface area (Å²) in [6.45, 7) is 5.08. The van der Waals surface area contributed by atoms with Crippen LogP contribution in [0.5, 0.6) is 5.75 Å². The second kappa shape index (κ2) is 5.56. The Morgan fingerprint density at radius 3 is 2.68 bits per heavy atom. The van der Waals surface area contributed by atoms with Gasteiger partial charge in [0.15, 0.2) is 6.29 Å². The molecule has 0 saturated carbocycles. The third-order valence-corrected chi connectivity index (χ3v) is 2.84. The highest BCUT2D eigenvalue weighted by molar-refractivity contribution is 5.77. The summed E-state index contributed by atoms with van der Waals surface area (Å²) in [6.07, 6.45) is 0.803. The van der Waals surface area contributed by atoms with Crippen LogP contribution in [0.4, 0.5) is 5.69 Å². The topological polar surface area (TPSA) is 70.1 Å². The summed E-state index contributed by atoms with van der Waals surface area (Å²) in [5, 5.41) is 4.38. The van der Waals surface area contributed by atoms with E-state index in [1.165, 1.54) is 0 Å². The van der Waals surface area contributed by atoms with Crippen molar-refractivity contribution in [3.8, 4) is 17.0 Å². The summed E-state index contributed by atoms with van der Waals surface area (Å²) in [7, 11) is 0. The van der Waals surface area contributed by atoms with Crippen molar-refractivity contribution >= 4 is 12.0 Å². The molecule has 0 bridgehead atoms. The summed E-state index contributed by atoms with van der Waals surface area (Å²) in [6, 6.07) is 7.27. The molecular weight excluding hydrogens is 242 g/mol. The Morgan fingerprint density at radius 2 is 2.16 bits per heavy atom. The SMILES string of the molecule is CCOc1ccc(-c2cc(C=O)n(CC)n2)cc1N. The van der Waals surface area contributed by atoms with Crippen molar-refractivity contribution in [1.29, 1.82) is 0 Å². The van der Waals surface area contributed by atoms with Gasteiger partial charge in [0.2, 0.25) is 0 Å². The number of hydrogen-bond donors (Lipinski definition) is 1. The molecule has 0 unspecified atom stereocenters. The molecule has 1 aromatic heterocycles. The van der Waals surface area contributed by atoms with Crippen molar-refractivity contribution in [2.75, 3.05) is 12.3 Å². The van der Waals surface area contributed by atoms with Gasteiger partial charge in [0.05, 0.1) is 18.0 Å². The largest absolute Gasteiger partial charge is 0.492 e. The fraction of sp³-hybridized carbons (Fsp3) is 0.286. The number of carbonyl (C=O) groups is 1. The summed E-state index contributed by atoms with van der Waals surface area (Å²) in [5.74, 6) is 0.664. The van der Waals surface area contributed by atoms with Gasteiger partial charge in [0.25, 0.3) is 0 Å². The number of benzene rings is 1. The van der Waals surface area contributed by atoms with Crippen molar-refractivity contribution in [1.82, 2.24) is 9.78 Å². The molecule has 5 heteroatoms. The Labute approximate surface area is 112 Å². The van der Waals surface area contributed by atoms with Gasteiger partial charge in [-0.15, -0.1) is 0 Å². The maximum Gasteiger partial charge on any atom is 0.168 e. The zero-order chi connectivity index (χ0) is 13.8. The van der Waals surface area contributed by atoms with Crippen molar-refractivity contribution in [2.24, 2.45) is 0 Å². The number of ether oxygens (including phenoxy) is 1. The third-order valence-electron chi connectivity index (χ3n) is 2.84. The van der Waals surface area contributed by atoms with Gasteiger partial charge < -0.3 is 10.5 Å². The summed E-state index contributed by atoms with van der Waals surface area (Å²) < 4.78 is 7.05. The third kappa shape index (κ3) is 2.59. The number of aldehydes is 1. The predicted octanol–water partition coefficient (Wildman–Crippen LogP) is 2.36. The lowest BCUT2D eigenvalue weighted by Gasteiger charge is -2.07. The molecule has 0 amide bonds. The molecule has 1 aromatic carbocycles. The van der Waals surface area contributed by atoms with Crippen LogP contribution >= 0.6 is 0 Å². The monoisotopic (exact) mass is 259 g/mol. The van der Waals surface area contributed by atoms with Crippen LogP contribution in [0.2, 0.25) is 0 Å². The molecule has 0 aliphatic heterocycles. The molecule has 0 spiro atoms. The van der Waals surface area contributed by atoms with Crippen LogP contribution in [0.15, 0.2) is 24.3 Å². The first-order valence-corrected chi connectivity index (χ1v) is 6.25. The number of anilines is 1. The fourth-order valence-electron chi connectivity index (χ4n) is 1.92. The molecule has 19 heavy (non-hydrogen) atoms. The Bertz CT molecular complexity index is 590. The van der Waals surface area contributed by atoms with Gasteiger partial charge in [0, 0.05) is 12.1 Å². The minimum Gasteiger partial charge on any atom is -0.492 e. The number of rotatable bonds is 5. The van der Waals surface area contributed by atoms with E-state index in [-0.39, 0.29) is 0 Å². The second-order valence-electron chi connectivity index (χ2n) is 4.07. The van der Waals surface area contributed by atoms with Crippen LogP contribution in [0.1, 0.15) is 24.3 Å². The van der Waals surface area contributed by atoms with E-state index in [1.807, 2.05) is 32.0 Å². The van der Waals surface area contributed by atoms with Crippen molar-refractivity contribution in [3.05, 3.63) is 30.0 Å². The molecule has 2 N–H and O–H groups in total. The van der Waals surface area contributed by atoms with Crippen LogP contribution < -0.4 is 10.5 Å². The normalized spacial score (nSPS) is 10.4. The molecule has 0 aliphatic carbocycles. The molecule has 1 heterocycles. The molecule has 2 rings (SSSR count). The zero-order valence-electron chi connectivity index (χ0n) is 11.1. The van der Waals surface area contributed by atoms with Crippen LogP contribution in [-0.2, 0) is 6.54 Å². The summed E-state index contributed by atoms with van der Waals surface area (Å²) in [4.78, 5) is 10.9. The van der Waals surface area contributed by atoms with E-state index in [9.17, 15) is 4.79 Å². The Balaban J connectivity index is 2.39. The minimum atomic E-state index is 0.560. The number of aromatic nitrogens is 2. The minimum absolute atomic E-state index is 0.560. The van der Waals surface area contributed by atoms with Crippen molar-refractivity contribution in [3.63, 3.8) is 0 Å². The fourth-order valence-corrected chi connectivity index (χ4v) is 1.92. The predicted molar refractivity (Wildman–Crippen MR) is 74.3 cm³/mol. The number of carbonyl (C=O) groups excluding carboxylic acids is 1. The Hall–Kier alpha value is -2.30. The molecule has 0 atom stereocenters. The lowest BCUT2D eigenvalue weighted by molar-refractivity contribution is 0.111. The molecule has 0 fully saturated rings. The number of nitrogen functional groups attached to an aromatic ring is 1. The van der Waals surface area contributed by atoms with Crippen LogP contribution in [0, 0.1) is 0 Å². The van der Waals surface area contributed by atoms with Gasteiger partial charge in [-0.2, -0.15) is 5.10 Å². The standard InChI is InChI=1S/C14H17N3O2/c1-3-17-11(9-18)8-13(16-17)10-5-6-14(19-4-2)12(15)7-10/h5-9H,3-4,15H2,1-2H3. The highest BCUT2D eigenvalue weighted by atomic mass is 16.5. The van der Waals surface area contributed by atoms with E-state index < -0.39 is 0 Å². The van der Waals surface area contributed by atoms with Gasteiger partial charge >= 0.3 is 0 Å². The van der Waals surface area contributed by atoms with E-state index in [0.29, 0.717) is 30.3 Å². The van der Waals surface area contributed by atoms with E-state index in [2.05, 4.69) is 5.10 Å². The van der Waals surface area contributed by atoms with Crippen LogP contribution in [0.3, 0.4) is 0 Å². The smallest absolute Gasteiger partial charge is 0.168 e. The highest BCUT2D eigenvalue weighted by Gasteiger charge is 2.09. The van der Waals surface area contributed by atoms with Crippen molar-refractivity contribution < 1.29 is 9.53 Å². The number of nitrogens with zero attached hydrogens (tertiary/aromatic N) is 2. The molecule has 2 aromatic rings. The second-order valence-corrected chi connectivity index (χ2v) is 4.07. The summed E-state index contributed by atoms with van der Waals surface area (Å²) in [5.41, 5.74) is 8.66. The first-order valence-electron chi connectivity index (χ1n) is 6.25. The quantitative estimate of drug-likeness (QED) is 0.661. The first kappa shape index (κ1) is 13.1. The van der Waals surface area contributed by atoms with E-state index in [1.54, 1.807) is 10.7 Å². The number of aryl methyl sites for hydroxylation is 1. The molecule has 5 nitrogen and oxygen atoms in total. The Morgan fingerprint density at radius 1 is 1.37 bits per heavy atom. The maximum absolute atomic E-state index is 10.9. The van der Waals surface area contributed by atoms with Gasteiger partial charge in [-0.25, -0.2) is 0 Å². The number of hydrogen-bond acceptors (Lipinski definition) is 4. The van der Waals surface area contributed by atoms with Crippen LogP contribution in [-0.4, -0.2) is 22.7 Å². The molecule has 0 radical (unpaired) electrons. The van der Waals surface area contributed by atoms with Crippen molar-refractivity contribution in [2.45, 2.75) is 20.4 Å². The highest BCUT2D eigenvalue weighted by Crippen LogP contribution is 2.28. The maximum atomic E-state index is 10.9. The van der Waals surface area contributed by atoms with Gasteiger partial charge in [0.1, 0.15) is 11.4 Å². The molecule has 0 saturated heterocycles. The van der Waals surface area contributed by atoms with E-state index in [0.717, 1.165) is 17.5 Å². The molecular formula is C14H17N3O2. The average Bonchev–Trinajstić information content (AvgIpc) is 2.84. The van der Waals surface area contributed by atoms with Gasteiger partial charge in [-0.05, 0) is 38.1 Å². The van der Waals surface area contributed by atoms with E-state index >= 15 is 0 Å². The van der Waals surface area contributed by atoms with Gasteiger partial charge in [-0.1, -0.05) is 0 Å². The lowest BCUT2D eigenvalue weighted by atomic mass is 10.1. The van der Waals surface area contributed by atoms with Crippen LogP contribution in [0.25, 0.3) is 11.3 Å². The average molecular weight is 259 g/mol. The summed E-state index contributed by atoms with van der Waals surface area (Å²) >= 11 is 0. The van der Waals surface area contributed by atoms with Gasteiger partial charge in [-0.3, -0.25) is 9.48 Å². The molecule has 0 aliphatic rings. The Kier molecular flexibility index (Phi) is 3.85. The zero-order valence-corrected chi connectivity index (χ0v) is 11.1.